The number of hydrogen-bond donors (Lipinski definition) is 1. The van der Waals surface area contributed by atoms with Crippen molar-refractivity contribution < 1.29 is 36.8 Å². The molecule has 2 saturated carbocycles. The summed E-state index contributed by atoms with van der Waals surface area (Å²) in [5.41, 5.74) is -0.548. The third kappa shape index (κ3) is 8.95. The van der Waals surface area contributed by atoms with Crippen LogP contribution < -0.4 is 0 Å². The third-order valence-corrected chi connectivity index (χ3v) is 9.03. The van der Waals surface area contributed by atoms with Crippen molar-refractivity contribution >= 4 is 22.3 Å². The van der Waals surface area contributed by atoms with Gasteiger partial charge >= 0.3 is 12.2 Å². The van der Waals surface area contributed by atoms with E-state index in [0.717, 1.165) is 57.9 Å². The van der Waals surface area contributed by atoms with Gasteiger partial charge in [-0.1, -0.05) is 13.8 Å². The Balaban J connectivity index is 0.000000225. The average Bonchev–Trinajstić information content (AvgIpc) is 2.71. The average molecular weight is 589 g/mol. The molecule has 4 atom stereocenters. The number of likely N-dealkylation sites (tertiary alicyclic amines) is 2. The van der Waals surface area contributed by atoms with E-state index in [9.17, 15) is 23.1 Å². The number of rotatable bonds is 2. The van der Waals surface area contributed by atoms with Gasteiger partial charge in [0.15, 0.2) is 0 Å². The van der Waals surface area contributed by atoms with Crippen LogP contribution in [0.2, 0.25) is 0 Å². The molecule has 4 fully saturated rings. The zero-order chi connectivity index (χ0) is 30.3. The van der Waals surface area contributed by atoms with Gasteiger partial charge in [-0.15, -0.1) is 0 Å². The zero-order valence-electron chi connectivity index (χ0n) is 26.0. The molecule has 2 saturated heterocycles. The predicted octanol–water partition coefficient (Wildman–Crippen LogP) is 4.79. The number of ether oxygens (including phenoxy) is 2. The quantitative estimate of drug-likeness (QED) is 0.457. The number of amides is 2. The summed E-state index contributed by atoms with van der Waals surface area (Å²) < 4.78 is 38.4. The molecule has 2 aliphatic carbocycles. The summed E-state index contributed by atoms with van der Waals surface area (Å²) in [6.45, 7) is 18.3. The van der Waals surface area contributed by atoms with Crippen molar-refractivity contribution in [1.82, 2.24) is 9.80 Å². The minimum Gasteiger partial charge on any atom is -0.444 e. The summed E-state index contributed by atoms with van der Waals surface area (Å²) in [6.07, 6.45) is 5.63. The first kappa shape index (κ1) is 32.9. The summed E-state index contributed by atoms with van der Waals surface area (Å²) in [5, 5.41) is 9.75. The van der Waals surface area contributed by atoms with Gasteiger partial charge in [0.25, 0.3) is 10.1 Å². The molecule has 1 N–H and O–H groups in total. The van der Waals surface area contributed by atoms with Crippen LogP contribution in [0.4, 0.5) is 9.59 Å². The lowest BCUT2D eigenvalue weighted by Crippen LogP contribution is -2.61. The van der Waals surface area contributed by atoms with Crippen molar-refractivity contribution in [2.75, 3.05) is 32.4 Å². The highest BCUT2D eigenvalue weighted by atomic mass is 32.2. The smallest absolute Gasteiger partial charge is 0.410 e. The van der Waals surface area contributed by atoms with Gasteiger partial charge in [-0.25, -0.2) is 9.59 Å². The lowest BCUT2D eigenvalue weighted by Gasteiger charge is -2.54. The van der Waals surface area contributed by atoms with Gasteiger partial charge in [0, 0.05) is 37.0 Å². The number of aliphatic hydroxyl groups excluding tert-OH is 1. The van der Waals surface area contributed by atoms with E-state index in [1.54, 1.807) is 9.80 Å². The number of aliphatic hydroxyl groups is 1. The molecule has 2 amide bonds. The van der Waals surface area contributed by atoms with Crippen LogP contribution in [0.3, 0.4) is 0 Å². The normalized spacial score (nSPS) is 29.6. The van der Waals surface area contributed by atoms with Crippen LogP contribution in [0.5, 0.6) is 0 Å². The molecule has 2 heterocycles. The first-order chi connectivity index (χ1) is 18.1. The number of hydrogen-bond acceptors (Lipinski definition) is 8. The lowest BCUT2D eigenvalue weighted by molar-refractivity contribution is -0.0800. The summed E-state index contributed by atoms with van der Waals surface area (Å²) >= 11 is 0. The zero-order valence-corrected chi connectivity index (χ0v) is 26.8. The molecule has 0 bridgehead atoms. The fourth-order valence-electron chi connectivity index (χ4n) is 6.69. The summed E-state index contributed by atoms with van der Waals surface area (Å²) in [4.78, 5) is 27.4. The van der Waals surface area contributed by atoms with Gasteiger partial charge < -0.3 is 24.4 Å². The monoisotopic (exact) mass is 588 g/mol. The van der Waals surface area contributed by atoms with E-state index in [2.05, 4.69) is 6.92 Å². The molecule has 0 radical (unpaired) electrons. The molecular weight excluding hydrogens is 536 g/mol. The predicted molar refractivity (Wildman–Crippen MR) is 152 cm³/mol. The van der Waals surface area contributed by atoms with E-state index in [1.807, 2.05) is 48.5 Å². The van der Waals surface area contributed by atoms with Crippen LogP contribution in [0, 0.1) is 22.7 Å². The largest absolute Gasteiger partial charge is 0.444 e. The highest BCUT2D eigenvalue weighted by Crippen LogP contribution is 2.48. The van der Waals surface area contributed by atoms with E-state index in [-0.39, 0.29) is 41.1 Å². The van der Waals surface area contributed by atoms with Crippen LogP contribution >= 0.6 is 0 Å². The highest BCUT2D eigenvalue weighted by Gasteiger charge is 2.51. The molecule has 2 spiro atoms. The summed E-state index contributed by atoms with van der Waals surface area (Å²) in [7, 11) is -3.41. The van der Waals surface area contributed by atoms with E-state index >= 15 is 0 Å². The van der Waals surface area contributed by atoms with Crippen molar-refractivity contribution in [3.63, 3.8) is 0 Å². The van der Waals surface area contributed by atoms with E-state index in [1.165, 1.54) is 0 Å². The van der Waals surface area contributed by atoms with Gasteiger partial charge in [0.2, 0.25) is 0 Å². The first-order valence-electron chi connectivity index (χ1n) is 14.6. The van der Waals surface area contributed by atoms with E-state index < -0.39 is 21.3 Å². The summed E-state index contributed by atoms with van der Waals surface area (Å²) in [5.74, 6) is 0.517. The second-order valence-electron chi connectivity index (χ2n) is 15.0. The minimum absolute atomic E-state index is 0.105. The van der Waals surface area contributed by atoms with Gasteiger partial charge in [-0.2, -0.15) is 8.42 Å². The van der Waals surface area contributed by atoms with Crippen molar-refractivity contribution in [2.24, 2.45) is 22.7 Å². The number of carbonyl (C=O) groups excluding carboxylic acids is 2. The van der Waals surface area contributed by atoms with Crippen LogP contribution in [-0.4, -0.2) is 91.4 Å². The van der Waals surface area contributed by atoms with Crippen LogP contribution in [0.15, 0.2) is 0 Å². The molecule has 4 rings (SSSR count). The fraction of sp³-hybridized carbons (Fsp3) is 0.931. The second-order valence-corrected chi connectivity index (χ2v) is 16.6. The van der Waals surface area contributed by atoms with Crippen LogP contribution in [0.25, 0.3) is 0 Å². The Kier molecular flexibility index (Phi) is 9.54. The first-order valence-corrected chi connectivity index (χ1v) is 16.4. The van der Waals surface area contributed by atoms with Gasteiger partial charge in [-0.05, 0) is 91.9 Å². The topological polar surface area (TPSA) is 123 Å². The van der Waals surface area contributed by atoms with Crippen molar-refractivity contribution in [3.05, 3.63) is 0 Å². The van der Waals surface area contributed by atoms with Crippen LogP contribution in [-0.2, 0) is 23.8 Å². The molecule has 11 heteroatoms. The minimum atomic E-state index is -3.41. The van der Waals surface area contributed by atoms with Gasteiger partial charge in [0.05, 0.1) is 18.5 Å². The molecule has 0 aromatic heterocycles. The molecule has 2 aliphatic heterocycles. The van der Waals surface area contributed by atoms with Crippen molar-refractivity contribution in [1.29, 1.82) is 0 Å². The Labute approximate surface area is 241 Å². The number of carbonyl (C=O) groups is 2. The molecule has 10 nitrogen and oxygen atoms in total. The Morgan fingerprint density at radius 2 is 1.18 bits per heavy atom. The maximum atomic E-state index is 12.0. The Bertz CT molecular complexity index is 1020. The van der Waals surface area contributed by atoms with E-state index in [4.69, 9.17) is 13.7 Å². The standard InChI is InChI=1S/C15H27NO5S.C14H25NO3/c1-11-8-15(7-6-12(11)21-22(5,18)19)9-16(10-15)13(17)20-14(2,3)4;1-10-7-14(6-5-11(10)16)8-15(9-14)12(17)18-13(2,3)4/h11-12H,6-10H2,1-5H3;10-11,16H,5-9H2,1-4H3/t11-,12-;10-,11+/m01/s1. The summed E-state index contributed by atoms with van der Waals surface area (Å²) in [6, 6.07) is 0. The Hall–Kier alpha value is -1.59. The maximum absolute atomic E-state index is 12.0. The molecule has 40 heavy (non-hydrogen) atoms. The third-order valence-electron chi connectivity index (χ3n) is 8.44. The van der Waals surface area contributed by atoms with Gasteiger partial charge in [0.1, 0.15) is 11.2 Å². The van der Waals surface area contributed by atoms with E-state index in [0.29, 0.717) is 19.0 Å². The highest BCUT2D eigenvalue weighted by molar-refractivity contribution is 7.86. The lowest BCUT2D eigenvalue weighted by atomic mass is 9.64. The molecular formula is C29H52N2O8S. The number of nitrogens with zero attached hydrogens (tertiary/aromatic N) is 2. The molecule has 4 aliphatic rings. The van der Waals surface area contributed by atoms with Crippen molar-refractivity contribution in [2.45, 2.75) is 117 Å². The molecule has 232 valence electrons. The molecule has 0 unspecified atom stereocenters. The second kappa shape index (κ2) is 11.6. The van der Waals surface area contributed by atoms with Crippen LogP contribution in [0.1, 0.15) is 93.9 Å². The SMILES string of the molecule is C[C@@H]1CC2(CC[C@@H]1O)CN(C(=O)OC(C)(C)C)C2.C[C@H]1CC2(CC[C@@H]1OS(C)(=O)=O)CN(C(=O)OC(C)(C)C)C2. The Morgan fingerprint density at radius 3 is 1.52 bits per heavy atom. The fourth-order valence-corrected chi connectivity index (χ4v) is 7.42. The Morgan fingerprint density at radius 1 is 0.775 bits per heavy atom. The maximum Gasteiger partial charge on any atom is 0.410 e. The van der Waals surface area contributed by atoms with Crippen molar-refractivity contribution in [3.8, 4) is 0 Å². The van der Waals surface area contributed by atoms with Gasteiger partial charge in [-0.3, -0.25) is 4.18 Å². The molecule has 0 aromatic carbocycles. The molecule has 0 aromatic rings.